The van der Waals surface area contributed by atoms with Crippen molar-refractivity contribution in [2.45, 2.75) is 18.9 Å². The van der Waals surface area contributed by atoms with Crippen LogP contribution in [0.5, 0.6) is 0 Å². The molecule has 1 aliphatic rings. The van der Waals surface area contributed by atoms with E-state index in [9.17, 15) is 0 Å². The smallest absolute Gasteiger partial charge is 0.100 e. The first-order chi connectivity index (χ1) is 12.7. The Labute approximate surface area is 152 Å². The number of nitrogens with one attached hydrogen (secondary N) is 2. The summed E-state index contributed by atoms with van der Waals surface area (Å²) in [7, 11) is 0. The fourth-order valence-electron chi connectivity index (χ4n) is 3.35. The summed E-state index contributed by atoms with van der Waals surface area (Å²) < 4.78 is 0. The van der Waals surface area contributed by atoms with Crippen LogP contribution >= 0.6 is 0 Å². The molecule has 1 aliphatic heterocycles. The molecule has 134 valence electrons. The van der Waals surface area contributed by atoms with Gasteiger partial charge in [-0.2, -0.15) is 5.10 Å². The van der Waals surface area contributed by atoms with Crippen LogP contribution in [0, 0.1) is 0 Å². The minimum atomic E-state index is 0.271. The Morgan fingerprint density at radius 2 is 2.08 bits per heavy atom. The summed E-state index contributed by atoms with van der Waals surface area (Å²) in [5.74, 6) is 6.21. The van der Waals surface area contributed by atoms with Crippen molar-refractivity contribution >= 4 is 16.6 Å². The fraction of sp³-hybridized carbons (Fsp3) is 0.263. The topological polar surface area (TPSA) is 109 Å². The lowest BCUT2D eigenvalue weighted by Crippen LogP contribution is -2.47. The van der Waals surface area contributed by atoms with E-state index in [1.165, 1.54) is 0 Å². The molecule has 0 aliphatic carbocycles. The number of piperidine rings is 1. The molecular formula is C19H23N7. The number of hydrogen-bond acceptors (Lipinski definition) is 6. The van der Waals surface area contributed by atoms with Crippen molar-refractivity contribution in [3.8, 4) is 11.3 Å². The first-order valence-electron chi connectivity index (χ1n) is 8.82. The predicted molar refractivity (Wildman–Crippen MR) is 103 cm³/mol. The van der Waals surface area contributed by atoms with E-state index < -0.39 is 0 Å². The van der Waals surface area contributed by atoms with Crippen molar-refractivity contribution in [3.05, 3.63) is 54.5 Å². The van der Waals surface area contributed by atoms with Gasteiger partial charge in [0.1, 0.15) is 5.69 Å². The molecular weight excluding hydrogens is 326 g/mol. The minimum absolute atomic E-state index is 0.271. The molecule has 0 saturated carbocycles. The van der Waals surface area contributed by atoms with Crippen LogP contribution in [0.4, 0.5) is 0 Å². The van der Waals surface area contributed by atoms with Gasteiger partial charge in [0.25, 0.3) is 0 Å². The average Bonchev–Trinajstić information content (AvgIpc) is 3.12. The molecule has 3 aromatic rings. The molecule has 0 bridgehead atoms. The summed E-state index contributed by atoms with van der Waals surface area (Å²) in [5, 5.41) is 13.6. The second kappa shape index (κ2) is 7.15. The van der Waals surface area contributed by atoms with Gasteiger partial charge < -0.3 is 16.1 Å². The van der Waals surface area contributed by atoms with E-state index in [0.29, 0.717) is 5.70 Å². The number of nitrogens with two attached hydrogens (primary N) is 2. The van der Waals surface area contributed by atoms with E-state index in [4.69, 9.17) is 11.6 Å². The highest BCUT2D eigenvalue weighted by Crippen LogP contribution is 2.27. The maximum atomic E-state index is 6.33. The number of rotatable bonds is 4. The van der Waals surface area contributed by atoms with E-state index in [-0.39, 0.29) is 6.04 Å². The SMILES string of the molecule is N/C(=C\N(N)[C@@H]1CCCNC1)c1ccc2[nH]nc(-c3ccncc3)c2c1. The van der Waals surface area contributed by atoms with Crippen LogP contribution in [0.2, 0.25) is 0 Å². The maximum Gasteiger partial charge on any atom is 0.100 e. The van der Waals surface area contributed by atoms with E-state index in [2.05, 4.69) is 20.5 Å². The number of hydrazine groups is 1. The zero-order chi connectivity index (χ0) is 17.9. The van der Waals surface area contributed by atoms with Crippen LogP contribution in [-0.2, 0) is 0 Å². The number of hydrogen-bond donors (Lipinski definition) is 4. The Hall–Kier alpha value is -2.90. The molecule has 3 heterocycles. The number of benzene rings is 1. The summed E-state index contributed by atoms with van der Waals surface area (Å²) in [6, 6.07) is 10.2. The van der Waals surface area contributed by atoms with Crippen LogP contribution in [-0.4, -0.2) is 39.3 Å². The van der Waals surface area contributed by atoms with Crippen molar-refractivity contribution in [3.63, 3.8) is 0 Å². The van der Waals surface area contributed by atoms with Crippen molar-refractivity contribution in [2.24, 2.45) is 11.6 Å². The van der Waals surface area contributed by atoms with Crippen molar-refractivity contribution in [1.82, 2.24) is 25.5 Å². The molecule has 0 amide bonds. The molecule has 4 rings (SSSR count). The van der Waals surface area contributed by atoms with Crippen molar-refractivity contribution in [1.29, 1.82) is 0 Å². The van der Waals surface area contributed by atoms with Gasteiger partial charge in [-0.15, -0.1) is 0 Å². The lowest BCUT2D eigenvalue weighted by atomic mass is 10.0. The van der Waals surface area contributed by atoms with Gasteiger partial charge >= 0.3 is 0 Å². The largest absolute Gasteiger partial charge is 0.397 e. The van der Waals surface area contributed by atoms with Gasteiger partial charge in [0, 0.05) is 36.1 Å². The van der Waals surface area contributed by atoms with Crippen LogP contribution in [0.25, 0.3) is 27.9 Å². The fourth-order valence-corrected chi connectivity index (χ4v) is 3.35. The number of H-pyrrole nitrogens is 1. The molecule has 6 N–H and O–H groups in total. The second-order valence-corrected chi connectivity index (χ2v) is 6.60. The summed E-state index contributed by atoms with van der Waals surface area (Å²) in [5.41, 5.74) is 10.8. The molecule has 1 fully saturated rings. The molecule has 1 saturated heterocycles. The number of nitrogens with zero attached hydrogens (tertiary/aromatic N) is 3. The standard InChI is InChI=1S/C19H23N7/c20-17(12-26(21)15-2-1-7-23-11-15)14-3-4-18-16(10-14)19(25-24-18)13-5-8-22-9-6-13/h3-6,8-10,12,15,23H,1-2,7,11,20-21H2,(H,24,25)/b17-12-/t15-/m1/s1. The highest BCUT2D eigenvalue weighted by atomic mass is 15.4. The Kier molecular flexibility index (Phi) is 4.55. The van der Waals surface area contributed by atoms with Gasteiger partial charge in [-0.1, -0.05) is 6.07 Å². The molecule has 7 nitrogen and oxygen atoms in total. The Morgan fingerprint density at radius 3 is 2.85 bits per heavy atom. The number of aromatic amines is 1. The lowest BCUT2D eigenvalue weighted by Gasteiger charge is -2.30. The molecule has 0 spiro atoms. The van der Waals surface area contributed by atoms with Gasteiger partial charge in [-0.3, -0.25) is 10.1 Å². The zero-order valence-corrected chi connectivity index (χ0v) is 14.5. The van der Waals surface area contributed by atoms with Gasteiger partial charge in [0.15, 0.2) is 0 Å². The molecule has 0 unspecified atom stereocenters. The summed E-state index contributed by atoms with van der Waals surface area (Å²) in [6.07, 6.45) is 7.55. The number of aromatic nitrogens is 3. The summed E-state index contributed by atoms with van der Waals surface area (Å²) >= 11 is 0. The highest BCUT2D eigenvalue weighted by Gasteiger charge is 2.17. The van der Waals surface area contributed by atoms with E-state index >= 15 is 0 Å². The third-order valence-electron chi connectivity index (χ3n) is 4.83. The molecule has 0 radical (unpaired) electrons. The number of pyridine rings is 1. The van der Waals surface area contributed by atoms with Crippen LogP contribution in [0.1, 0.15) is 18.4 Å². The third-order valence-corrected chi connectivity index (χ3v) is 4.83. The van der Waals surface area contributed by atoms with E-state index in [1.807, 2.05) is 36.5 Å². The van der Waals surface area contributed by atoms with Gasteiger partial charge in [-0.05, 0) is 49.2 Å². The molecule has 1 aromatic carbocycles. The highest BCUT2D eigenvalue weighted by molar-refractivity contribution is 5.94. The molecule has 26 heavy (non-hydrogen) atoms. The van der Waals surface area contributed by atoms with Gasteiger partial charge in [0.2, 0.25) is 0 Å². The van der Waals surface area contributed by atoms with Crippen LogP contribution in [0.3, 0.4) is 0 Å². The second-order valence-electron chi connectivity index (χ2n) is 6.60. The predicted octanol–water partition coefficient (Wildman–Crippen LogP) is 1.81. The van der Waals surface area contributed by atoms with Crippen molar-refractivity contribution < 1.29 is 0 Å². The monoisotopic (exact) mass is 349 g/mol. The van der Waals surface area contributed by atoms with Gasteiger partial charge in [-0.25, -0.2) is 5.84 Å². The lowest BCUT2D eigenvalue weighted by molar-refractivity contribution is 0.235. The van der Waals surface area contributed by atoms with Crippen LogP contribution in [0.15, 0.2) is 48.9 Å². The van der Waals surface area contributed by atoms with E-state index in [0.717, 1.165) is 53.7 Å². The first kappa shape index (κ1) is 16.6. The van der Waals surface area contributed by atoms with Crippen molar-refractivity contribution in [2.75, 3.05) is 13.1 Å². The molecule has 1 atom stereocenters. The average molecular weight is 349 g/mol. The Balaban J connectivity index is 1.65. The number of fused-ring (bicyclic) bond motifs is 1. The first-order valence-corrected chi connectivity index (χ1v) is 8.82. The Bertz CT molecular complexity index is 910. The summed E-state index contributed by atoms with van der Waals surface area (Å²) in [6.45, 7) is 1.94. The van der Waals surface area contributed by atoms with Crippen LogP contribution < -0.4 is 16.9 Å². The van der Waals surface area contributed by atoms with Gasteiger partial charge in [0.05, 0.1) is 17.3 Å². The summed E-state index contributed by atoms with van der Waals surface area (Å²) in [4.78, 5) is 4.07. The van der Waals surface area contributed by atoms with E-state index in [1.54, 1.807) is 17.4 Å². The maximum absolute atomic E-state index is 6.33. The molecule has 7 heteroatoms. The zero-order valence-electron chi connectivity index (χ0n) is 14.5. The third kappa shape index (κ3) is 3.26. The minimum Gasteiger partial charge on any atom is -0.397 e. The Morgan fingerprint density at radius 1 is 1.23 bits per heavy atom. The normalized spacial score (nSPS) is 18.2. The quantitative estimate of drug-likeness (QED) is 0.422. The molecule has 2 aromatic heterocycles.